The third-order valence-corrected chi connectivity index (χ3v) is 1.33. The van der Waals surface area contributed by atoms with Crippen molar-refractivity contribution in [3.8, 4) is 0 Å². The first-order chi connectivity index (χ1) is 5.15. The van der Waals surface area contributed by atoms with Crippen molar-refractivity contribution in [3.63, 3.8) is 0 Å². The van der Waals surface area contributed by atoms with Crippen LogP contribution in [-0.2, 0) is 0 Å². The number of nitrogens with two attached hydrogens (primary N) is 1. The van der Waals surface area contributed by atoms with E-state index in [1.807, 2.05) is 0 Å². The van der Waals surface area contributed by atoms with Gasteiger partial charge in [0.15, 0.2) is 5.49 Å². The average molecular weight is 175 g/mol. The van der Waals surface area contributed by atoms with Gasteiger partial charge in [-0.2, -0.15) is 0 Å². The van der Waals surface area contributed by atoms with Gasteiger partial charge in [-0.25, -0.2) is 4.98 Å². The highest BCUT2D eigenvalue weighted by molar-refractivity contribution is 6.29. The molecule has 0 radical (unpaired) electrons. The van der Waals surface area contributed by atoms with Gasteiger partial charge in [0.2, 0.25) is 5.95 Å². The van der Waals surface area contributed by atoms with Crippen LogP contribution in [0, 0.1) is 0 Å². The predicted molar refractivity (Wildman–Crippen MR) is 40.3 cm³/mol. The summed E-state index contributed by atoms with van der Waals surface area (Å²) < 4.78 is 0.659. The van der Waals surface area contributed by atoms with Crippen molar-refractivity contribution >= 4 is 17.5 Å². The fourth-order valence-corrected chi connectivity index (χ4v) is 0.818. The molecule has 3 N–H and O–H groups in total. The fourth-order valence-electron chi connectivity index (χ4n) is 0.633. The zero-order valence-electron chi connectivity index (χ0n) is 5.82. The van der Waals surface area contributed by atoms with E-state index in [1.54, 1.807) is 0 Å². The van der Waals surface area contributed by atoms with Gasteiger partial charge in [0.05, 0.1) is 0 Å². The Morgan fingerprint density at radius 1 is 1.82 bits per heavy atom. The number of rotatable bonds is 0. The van der Waals surface area contributed by atoms with Gasteiger partial charge in [0.1, 0.15) is 5.15 Å². The van der Waals surface area contributed by atoms with E-state index in [1.165, 1.54) is 13.1 Å². The van der Waals surface area contributed by atoms with Crippen LogP contribution in [0.1, 0.15) is 0 Å². The van der Waals surface area contributed by atoms with E-state index in [-0.39, 0.29) is 16.6 Å². The summed E-state index contributed by atoms with van der Waals surface area (Å²) in [5, 5.41) is 9.30. The third-order valence-electron chi connectivity index (χ3n) is 1.13. The molecule has 1 aromatic heterocycles. The minimum atomic E-state index is -0.0851. The fraction of sp³-hybridized carbons (Fsp3) is 0.200. The minimum absolute atomic E-state index is 0.0851. The molecule has 0 aromatic carbocycles. The summed E-state index contributed by atoms with van der Waals surface area (Å²) in [4.78, 5) is 7.28. The van der Waals surface area contributed by atoms with Crippen LogP contribution >= 0.6 is 11.6 Å². The molecule has 0 aliphatic carbocycles. The third kappa shape index (κ3) is 1.43. The smallest absolute Gasteiger partial charge is 0.237 e. The molecule has 60 valence electrons. The van der Waals surface area contributed by atoms with E-state index in [9.17, 15) is 0 Å². The van der Waals surface area contributed by atoms with E-state index in [0.29, 0.717) is 4.73 Å². The molecule has 1 aromatic rings. The van der Waals surface area contributed by atoms with E-state index in [2.05, 4.69) is 9.98 Å². The van der Waals surface area contributed by atoms with Crippen LogP contribution in [0.3, 0.4) is 0 Å². The van der Waals surface area contributed by atoms with Crippen molar-refractivity contribution in [2.24, 2.45) is 4.99 Å². The molecule has 11 heavy (non-hydrogen) atoms. The lowest BCUT2D eigenvalue weighted by Gasteiger charge is -2.00. The van der Waals surface area contributed by atoms with E-state index < -0.39 is 0 Å². The second-order valence-corrected chi connectivity index (χ2v) is 2.22. The monoisotopic (exact) mass is 174 g/mol. The summed E-state index contributed by atoms with van der Waals surface area (Å²) in [6.07, 6.45) is 0. The van der Waals surface area contributed by atoms with Gasteiger partial charge >= 0.3 is 0 Å². The molecule has 0 saturated carbocycles. The molecule has 0 aliphatic heterocycles. The molecular weight excluding hydrogens is 168 g/mol. The summed E-state index contributed by atoms with van der Waals surface area (Å²) >= 11 is 5.53. The summed E-state index contributed by atoms with van der Waals surface area (Å²) in [6.45, 7) is 0. The van der Waals surface area contributed by atoms with Crippen LogP contribution in [-0.4, -0.2) is 22.0 Å². The maximum atomic E-state index is 9.10. The summed E-state index contributed by atoms with van der Waals surface area (Å²) in [6, 6.07) is 1.40. The topological polar surface area (TPSA) is 76.4 Å². The lowest BCUT2D eigenvalue weighted by atomic mass is 10.6. The molecule has 0 unspecified atom stereocenters. The highest BCUT2D eigenvalue weighted by atomic mass is 35.5. The van der Waals surface area contributed by atoms with Crippen molar-refractivity contribution in [2.45, 2.75) is 0 Å². The Morgan fingerprint density at radius 3 is 3.00 bits per heavy atom. The van der Waals surface area contributed by atoms with Crippen molar-refractivity contribution in [1.82, 2.24) is 9.71 Å². The molecule has 0 atom stereocenters. The molecule has 0 fully saturated rings. The number of nitrogen functional groups attached to an aromatic ring is 1. The average Bonchev–Trinajstić information content (AvgIpc) is 1.96. The van der Waals surface area contributed by atoms with Crippen molar-refractivity contribution < 1.29 is 5.21 Å². The van der Waals surface area contributed by atoms with Gasteiger partial charge in [-0.15, -0.1) is 4.73 Å². The van der Waals surface area contributed by atoms with Crippen LogP contribution in [0.15, 0.2) is 11.1 Å². The van der Waals surface area contributed by atoms with E-state index in [4.69, 9.17) is 22.5 Å². The Bertz CT molecular complexity index is 332. The predicted octanol–water partition coefficient (Wildman–Crippen LogP) is -0.114. The summed E-state index contributed by atoms with van der Waals surface area (Å²) in [5.74, 6) is -0.0851. The molecule has 6 heteroatoms. The number of aromatic nitrogens is 2. The Morgan fingerprint density at radius 2 is 2.45 bits per heavy atom. The molecule has 1 rings (SSSR count). The molecule has 1 heterocycles. The Kier molecular flexibility index (Phi) is 2.00. The Hall–Kier alpha value is -1.23. The van der Waals surface area contributed by atoms with E-state index >= 15 is 0 Å². The van der Waals surface area contributed by atoms with Crippen LogP contribution in [0.4, 0.5) is 5.95 Å². The highest BCUT2D eigenvalue weighted by Crippen LogP contribution is 2.00. The first-order valence-corrected chi connectivity index (χ1v) is 3.20. The zero-order valence-corrected chi connectivity index (χ0v) is 6.58. The second-order valence-electron chi connectivity index (χ2n) is 1.83. The number of hydrogen-bond donors (Lipinski definition) is 2. The molecule has 5 nitrogen and oxygen atoms in total. The van der Waals surface area contributed by atoms with Crippen LogP contribution in [0.5, 0.6) is 0 Å². The maximum Gasteiger partial charge on any atom is 0.237 e. The minimum Gasteiger partial charge on any atom is -0.423 e. The standard InChI is InChI=1S/C5H7ClN4O/c1-8-4-2-3(6)9-5(7)10(4)11/h2,11H,1H3,(H2,7,9). The first-order valence-electron chi connectivity index (χ1n) is 2.82. The van der Waals surface area contributed by atoms with Crippen LogP contribution in [0.2, 0.25) is 5.15 Å². The maximum absolute atomic E-state index is 9.10. The lowest BCUT2D eigenvalue weighted by Crippen LogP contribution is -2.22. The van der Waals surface area contributed by atoms with Crippen molar-refractivity contribution in [2.75, 3.05) is 12.8 Å². The Labute approximate surface area is 67.7 Å². The van der Waals surface area contributed by atoms with Gasteiger partial charge in [-0.3, -0.25) is 4.99 Å². The van der Waals surface area contributed by atoms with Crippen LogP contribution < -0.4 is 11.2 Å². The first kappa shape index (κ1) is 7.87. The molecule has 0 aliphatic rings. The van der Waals surface area contributed by atoms with Gasteiger partial charge in [-0.1, -0.05) is 11.6 Å². The van der Waals surface area contributed by atoms with Gasteiger partial charge in [0.25, 0.3) is 0 Å². The summed E-state index contributed by atoms with van der Waals surface area (Å²) in [5.41, 5.74) is 5.52. The number of hydrogen-bond acceptors (Lipinski definition) is 4. The Balaban J connectivity index is 3.50. The molecule has 0 saturated heterocycles. The largest absolute Gasteiger partial charge is 0.423 e. The lowest BCUT2D eigenvalue weighted by molar-refractivity contribution is 0.175. The van der Waals surface area contributed by atoms with Crippen molar-refractivity contribution in [3.05, 3.63) is 16.7 Å². The normalized spacial score (nSPS) is 12.0. The molecule has 0 bridgehead atoms. The van der Waals surface area contributed by atoms with Crippen molar-refractivity contribution in [1.29, 1.82) is 0 Å². The number of anilines is 1. The van der Waals surface area contributed by atoms with Gasteiger partial charge in [-0.05, 0) is 0 Å². The van der Waals surface area contributed by atoms with Gasteiger partial charge in [0, 0.05) is 13.1 Å². The number of halogens is 1. The van der Waals surface area contributed by atoms with E-state index in [0.717, 1.165) is 0 Å². The highest BCUT2D eigenvalue weighted by Gasteiger charge is 1.98. The molecule has 0 amide bonds. The SMILES string of the molecule is CN=c1cc(Cl)nc(N)n1O. The summed E-state index contributed by atoms with van der Waals surface area (Å²) in [7, 11) is 1.51. The molecule has 0 spiro atoms. The quantitative estimate of drug-likeness (QED) is 0.426. The van der Waals surface area contributed by atoms with Gasteiger partial charge < -0.3 is 10.9 Å². The van der Waals surface area contributed by atoms with Crippen LogP contribution in [0.25, 0.3) is 0 Å². The number of nitrogens with zero attached hydrogens (tertiary/aromatic N) is 3. The molecular formula is C5H7ClN4O. The zero-order chi connectivity index (χ0) is 8.43. The second kappa shape index (κ2) is 2.79.